The van der Waals surface area contributed by atoms with Gasteiger partial charge in [0.1, 0.15) is 0 Å². The van der Waals surface area contributed by atoms with Gasteiger partial charge in [-0.15, -0.1) is 0 Å². The number of anilines is 2. The largest absolute Gasteiger partial charge is 0.465 e. The molecule has 0 saturated carbocycles. The fraction of sp³-hybridized carbons (Fsp3) is 0.211. The number of benzene rings is 2. The Morgan fingerprint density at radius 1 is 1.08 bits per heavy atom. The first kappa shape index (κ1) is 16.7. The third kappa shape index (κ3) is 3.68. The maximum absolute atomic E-state index is 12.5. The van der Waals surface area contributed by atoms with Crippen LogP contribution >= 0.6 is 0 Å². The molecule has 0 spiro atoms. The number of hydrogen-bond acceptors (Lipinski definition) is 4. The lowest BCUT2D eigenvalue weighted by atomic mass is 10.1. The van der Waals surface area contributed by atoms with Gasteiger partial charge in [0.05, 0.1) is 12.7 Å². The quantitative estimate of drug-likeness (QED) is 0.870. The lowest BCUT2D eigenvalue weighted by molar-refractivity contribution is -0.117. The summed E-state index contributed by atoms with van der Waals surface area (Å²) in [6, 6.07) is 13.5. The molecule has 0 aromatic heterocycles. The molecule has 2 amide bonds. The van der Waals surface area contributed by atoms with Crippen LogP contribution in [-0.2, 0) is 9.53 Å². The van der Waals surface area contributed by atoms with E-state index in [2.05, 4.69) is 10.1 Å². The van der Waals surface area contributed by atoms with Gasteiger partial charge in [0, 0.05) is 29.9 Å². The van der Waals surface area contributed by atoms with E-state index in [9.17, 15) is 14.4 Å². The van der Waals surface area contributed by atoms with Gasteiger partial charge < -0.3 is 15.0 Å². The van der Waals surface area contributed by atoms with E-state index in [-0.39, 0.29) is 11.8 Å². The molecule has 1 fully saturated rings. The maximum Gasteiger partial charge on any atom is 0.337 e. The van der Waals surface area contributed by atoms with Crippen molar-refractivity contribution < 1.29 is 19.1 Å². The first-order valence-electron chi connectivity index (χ1n) is 7.98. The molecule has 2 aromatic carbocycles. The normalized spacial score (nSPS) is 13.6. The van der Waals surface area contributed by atoms with Gasteiger partial charge in [0.25, 0.3) is 5.91 Å². The fourth-order valence-corrected chi connectivity index (χ4v) is 2.78. The molecule has 1 aliphatic rings. The maximum atomic E-state index is 12.5. The summed E-state index contributed by atoms with van der Waals surface area (Å²) in [5, 5.41) is 2.76. The number of nitrogens with one attached hydrogen (secondary N) is 1. The summed E-state index contributed by atoms with van der Waals surface area (Å²) < 4.78 is 4.67. The van der Waals surface area contributed by atoms with E-state index in [1.54, 1.807) is 47.4 Å². The first-order chi connectivity index (χ1) is 12.1. The zero-order valence-corrected chi connectivity index (χ0v) is 13.8. The summed E-state index contributed by atoms with van der Waals surface area (Å²) in [4.78, 5) is 37.6. The molecule has 6 heteroatoms. The number of rotatable bonds is 4. The SMILES string of the molecule is COC(=O)c1cccc(NC(=O)c2cccc(N3CCCC3=O)c2)c1. The number of nitrogens with zero attached hydrogens (tertiary/aromatic N) is 1. The Kier molecular flexibility index (Phi) is 4.79. The Labute approximate surface area is 145 Å². The number of ether oxygens (including phenoxy) is 1. The average Bonchev–Trinajstić information content (AvgIpc) is 3.07. The van der Waals surface area contributed by atoms with Gasteiger partial charge in [-0.1, -0.05) is 12.1 Å². The van der Waals surface area contributed by atoms with Crippen LogP contribution in [0.2, 0.25) is 0 Å². The van der Waals surface area contributed by atoms with Crippen molar-refractivity contribution in [1.29, 1.82) is 0 Å². The Morgan fingerprint density at radius 3 is 2.56 bits per heavy atom. The lowest BCUT2D eigenvalue weighted by Gasteiger charge is -2.16. The van der Waals surface area contributed by atoms with Crippen molar-refractivity contribution in [1.82, 2.24) is 0 Å². The zero-order chi connectivity index (χ0) is 17.8. The van der Waals surface area contributed by atoms with Crippen molar-refractivity contribution in [2.24, 2.45) is 0 Å². The molecule has 1 heterocycles. The molecule has 2 aromatic rings. The van der Waals surface area contributed by atoms with E-state index in [0.717, 1.165) is 12.1 Å². The molecule has 1 aliphatic heterocycles. The van der Waals surface area contributed by atoms with Gasteiger partial charge in [-0.25, -0.2) is 4.79 Å². The monoisotopic (exact) mass is 338 g/mol. The highest BCUT2D eigenvalue weighted by Crippen LogP contribution is 2.23. The third-order valence-electron chi connectivity index (χ3n) is 4.03. The van der Waals surface area contributed by atoms with Crippen molar-refractivity contribution in [3.05, 3.63) is 59.7 Å². The van der Waals surface area contributed by atoms with Crippen molar-refractivity contribution in [3.63, 3.8) is 0 Å². The number of carbonyl (C=O) groups is 3. The second-order valence-electron chi connectivity index (χ2n) is 5.73. The first-order valence-corrected chi connectivity index (χ1v) is 7.98. The summed E-state index contributed by atoms with van der Waals surface area (Å²) in [5.41, 5.74) is 2.02. The molecule has 0 radical (unpaired) electrons. The molecule has 0 unspecified atom stereocenters. The third-order valence-corrected chi connectivity index (χ3v) is 4.03. The number of methoxy groups -OCH3 is 1. The van der Waals surface area contributed by atoms with Crippen LogP contribution in [0.4, 0.5) is 11.4 Å². The molecule has 0 aliphatic carbocycles. The van der Waals surface area contributed by atoms with Crippen LogP contribution in [0.25, 0.3) is 0 Å². The predicted molar refractivity (Wildman–Crippen MR) is 93.8 cm³/mol. The molecule has 3 rings (SSSR count). The van der Waals surface area contributed by atoms with Crippen molar-refractivity contribution in [2.75, 3.05) is 23.9 Å². The van der Waals surface area contributed by atoms with Crippen LogP contribution in [0.5, 0.6) is 0 Å². The second-order valence-corrected chi connectivity index (χ2v) is 5.73. The molecule has 0 atom stereocenters. The topological polar surface area (TPSA) is 75.7 Å². The number of esters is 1. The van der Waals surface area contributed by atoms with Crippen LogP contribution in [0.1, 0.15) is 33.6 Å². The van der Waals surface area contributed by atoms with Gasteiger partial charge in [-0.05, 0) is 42.8 Å². The second kappa shape index (κ2) is 7.17. The standard InChI is InChI=1S/C19H18N2O4/c1-25-19(24)14-6-2-7-15(11-14)20-18(23)13-5-3-8-16(12-13)21-10-4-9-17(21)22/h2-3,5-8,11-12H,4,9-10H2,1H3,(H,20,23). The average molecular weight is 338 g/mol. The molecule has 128 valence electrons. The molecule has 25 heavy (non-hydrogen) atoms. The summed E-state index contributed by atoms with van der Waals surface area (Å²) in [6.07, 6.45) is 1.37. The summed E-state index contributed by atoms with van der Waals surface area (Å²) >= 11 is 0. The minimum Gasteiger partial charge on any atom is -0.465 e. The van der Waals surface area contributed by atoms with E-state index >= 15 is 0 Å². The predicted octanol–water partition coefficient (Wildman–Crippen LogP) is 2.85. The smallest absolute Gasteiger partial charge is 0.337 e. The van der Waals surface area contributed by atoms with Crippen LogP contribution < -0.4 is 10.2 Å². The van der Waals surface area contributed by atoms with E-state index < -0.39 is 5.97 Å². The Balaban J connectivity index is 1.78. The van der Waals surface area contributed by atoms with Crippen molar-refractivity contribution in [3.8, 4) is 0 Å². The highest BCUT2D eigenvalue weighted by atomic mass is 16.5. The van der Waals surface area contributed by atoms with E-state index in [1.165, 1.54) is 7.11 Å². The lowest BCUT2D eigenvalue weighted by Crippen LogP contribution is -2.24. The van der Waals surface area contributed by atoms with Crippen LogP contribution in [0.15, 0.2) is 48.5 Å². The minimum atomic E-state index is -0.467. The molecule has 1 N–H and O–H groups in total. The van der Waals surface area contributed by atoms with E-state index in [1.807, 2.05) is 6.07 Å². The van der Waals surface area contributed by atoms with Gasteiger partial charge >= 0.3 is 5.97 Å². The Morgan fingerprint density at radius 2 is 1.84 bits per heavy atom. The fourth-order valence-electron chi connectivity index (χ4n) is 2.78. The van der Waals surface area contributed by atoms with Gasteiger partial charge in [0.2, 0.25) is 5.91 Å². The van der Waals surface area contributed by atoms with Crippen LogP contribution in [0, 0.1) is 0 Å². The zero-order valence-electron chi connectivity index (χ0n) is 13.8. The summed E-state index contributed by atoms with van der Waals surface area (Å²) in [7, 11) is 1.30. The van der Waals surface area contributed by atoms with Gasteiger partial charge in [-0.3, -0.25) is 9.59 Å². The van der Waals surface area contributed by atoms with Crippen LogP contribution in [0.3, 0.4) is 0 Å². The molecular formula is C19H18N2O4. The number of carbonyl (C=O) groups excluding carboxylic acids is 3. The Bertz CT molecular complexity index is 832. The molecule has 1 saturated heterocycles. The highest BCUT2D eigenvalue weighted by Gasteiger charge is 2.22. The highest BCUT2D eigenvalue weighted by molar-refractivity contribution is 6.06. The summed E-state index contributed by atoms with van der Waals surface area (Å²) in [6.45, 7) is 0.672. The van der Waals surface area contributed by atoms with Gasteiger partial charge in [-0.2, -0.15) is 0 Å². The van der Waals surface area contributed by atoms with E-state index in [4.69, 9.17) is 0 Å². The molecule has 0 bridgehead atoms. The van der Waals surface area contributed by atoms with Crippen molar-refractivity contribution in [2.45, 2.75) is 12.8 Å². The van der Waals surface area contributed by atoms with E-state index in [0.29, 0.717) is 29.8 Å². The minimum absolute atomic E-state index is 0.0725. The molecule has 6 nitrogen and oxygen atoms in total. The number of amides is 2. The van der Waals surface area contributed by atoms with Crippen LogP contribution in [-0.4, -0.2) is 31.4 Å². The van der Waals surface area contributed by atoms with Gasteiger partial charge in [0.15, 0.2) is 0 Å². The molecular weight excluding hydrogens is 320 g/mol. The Hall–Kier alpha value is -3.15. The van der Waals surface area contributed by atoms with Crippen molar-refractivity contribution >= 4 is 29.2 Å². The summed E-state index contributed by atoms with van der Waals surface area (Å²) in [5.74, 6) is -0.704. The number of hydrogen-bond donors (Lipinski definition) is 1.